The molecular weight excluding hydrogens is 246 g/mol. The van der Waals surface area contributed by atoms with Gasteiger partial charge in [-0.05, 0) is 45.0 Å². The molecule has 1 rings (SSSR count). The van der Waals surface area contributed by atoms with E-state index < -0.39 is 0 Å². The minimum atomic E-state index is 0.240. The predicted octanol–water partition coefficient (Wildman–Crippen LogP) is 4.58. The van der Waals surface area contributed by atoms with E-state index in [4.69, 9.17) is 16.3 Å². The van der Waals surface area contributed by atoms with Crippen LogP contribution in [-0.4, -0.2) is 12.6 Å². The predicted molar refractivity (Wildman–Crippen MR) is 78.5 cm³/mol. The molecule has 0 aromatic heterocycles. The summed E-state index contributed by atoms with van der Waals surface area (Å²) in [5.74, 6) is 0.939. The Morgan fingerprint density at radius 1 is 1.28 bits per heavy atom. The van der Waals surface area contributed by atoms with Crippen molar-refractivity contribution in [1.29, 1.82) is 0 Å². The average Bonchev–Trinajstić information content (AvgIpc) is 2.32. The normalized spacial score (nSPS) is 14.3. The molecule has 0 fully saturated rings. The highest BCUT2D eigenvalue weighted by Gasteiger charge is 2.13. The minimum Gasteiger partial charge on any atom is -0.490 e. The monoisotopic (exact) mass is 269 g/mol. The van der Waals surface area contributed by atoms with Crippen molar-refractivity contribution >= 4 is 11.6 Å². The second-order valence-corrected chi connectivity index (χ2v) is 5.12. The average molecular weight is 270 g/mol. The highest BCUT2D eigenvalue weighted by Crippen LogP contribution is 2.29. The van der Waals surface area contributed by atoms with Gasteiger partial charge in [0.1, 0.15) is 5.75 Å². The third-order valence-corrected chi connectivity index (χ3v) is 3.21. The van der Waals surface area contributed by atoms with Gasteiger partial charge in [0.15, 0.2) is 0 Å². The fourth-order valence-corrected chi connectivity index (χ4v) is 2.24. The van der Waals surface area contributed by atoms with Crippen molar-refractivity contribution in [2.75, 3.05) is 6.54 Å². The van der Waals surface area contributed by atoms with Gasteiger partial charge >= 0.3 is 0 Å². The van der Waals surface area contributed by atoms with E-state index in [9.17, 15) is 0 Å². The van der Waals surface area contributed by atoms with Gasteiger partial charge in [-0.25, -0.2) is 0 Å². The summed E-state index contributed by atoms with van der Waals surface area (Å²) in [6.07, 6.45) is 2.44. The van der Waals surface area contributed by atoms with Crippen molar-refractivity contribution < 1.29 is 4.74 Å². The first-order valence-corrected chi connectivity index (χ1v) is 7.15. The summed E-state index contributed by atoms with van der Waals surface area (Å²) in [5.41, 5.74) is 1.13. The Morgan fingerprint density at radius 2 is 2.00 bits per heavy atom. The molecule has 0 saturated heterocycles. The molecule has 0 amide bonds. The van der Waals surface area contributed by atoms with Crippen molar-refractivity contribution in [2.24, 2.45) is 0 Å². The maximum absolute atomic E-state index is 6.08. The number of ether oxygens (including phenoxy) is 1. The van der Waals surface area contributed by atoms with E-state index in [2.05, 4.69) is 33.0 Å². The fourth-order valence-electron chi connectivity index (χ4n) is 2.06. The lowest BCUT2D eigenvalue weighted by Crippen LogP contribution is -2.20. The molecule has 0 aliphatic rings. The topological polar surface area (TPSA) is 21.3 Å². The Balaban J connectivity index is 2.88. The number of hydrogen-bond acceptors (Lipinski definition) is 2. The molecular formula is C15H24ClNO. The molecule has 0 spiro atoms. The van der Waals surface area contributed by atoms with Crippen molar-refractivity contribution in [1.82, 2.24) is 5.32 Å². The van der Waals surface area contributed by atoms with Crippen LogP contribution in [0, 0.1) is 0 Å². The third kappa shape index (κ3) is 4.51. The van der Waals surface area contributed by atoms with Gasteiger partial charge in [-0.15, -0.1) is 0 Å². The van der Waals surface area contributed by atoms with Gasteiger partial charge in [-0.3, -0.25) is 0 Å². The van der Waals surface area contributed by atoms with E-state index in [1.165, 1.54) is 0 Å². The number of rotatable bonds is 7. The van der Waals surface area contributed by atoms with Crippen LogP contribution in [0.2, 0.25) is 5.02 Å². The van der Waals surface area contributed by atoms with Crippen LogP contribution in [0.4, 0.5) is 0 Å². The molecule has 1 N–H and O–H groups in total. The van der Waals surface area contributed by atoms with Crippen LogP contribution >= 0.6 is 11.6 Å². The Hall–Kier alpha value is -0.730. The molecule has 0 heterocycles. The molecule has 0 saturated carbocycles. The van der Waals surface area contributed by atoms with Crippen molar-refractivity contribution in [3.8, 4) is 5.75 Å². The number of hydrogen-bond donors (Lipinski definition) is 1. The second-order valence-electron chi connectivity index (χ2n) is 4.68. The van der Waals surface area contributed by atoms with Crippen LogP contribution in [-0.2, 0) is 0 Å². The summed E-state index contributed by atoms with van der Waals surface area (Å²) in [6.45, 7) is 9.44. The molecule has 3 heteroatoms. The number of nitrogens with one attached hydrogen (secondary N) is 1. The highest BCUT2D eigenvalue weighted by molar-refractivity contribution is 6.30. The van der Waals surface area contributed by atoms with E-state index in [1.807, 2.05) is 18.2 Å². The summed E-state index contributed by atoms with van der Waals surface area (Å²) in [7, 11) is 0. The first-order valence-electron chi connectivity index (χ1n) is 6.77. The summed E-state index contributed by atoms with van der Waals surface area (Å²) >= 11 is 6.08. The Kier molecular flexibility index (Phi) is 6.51. The first-order chi connectivity index (χ1) is 8.58. The lowest BCUT2D eigenvalue weighted by molar-refractivity contribution is 0.206. The Bertz CT molecular complexity index is 368. The van der Waals surface area contributed by atoms with Crippen LogP contribution in [0.25, 0.3) is 0 Å². The molecule has 0 bridgehead atoms. The summed E-state index contributed by atoms with van der Waals surface area (Å²) in [4.78, 5) is 0. The van der Waals surface area contributed by atoms with E-state index in [0.29, 0.717) is 0 Å². The van der Waals surface area contributed by atoms with Gasteiger partial charge in [0.05, 0.1) is 6.10 Å². The van der Waals surface area contributed by atoms with Gasteiger partial charge in [0, 0.05) is 16.6 Å². The Labute approximate surface area is 116 Å². The first kappa shape index (κ1) is 15.3. The maximum Gasteiger partial charge on any atom is 0.124 e. The quantitative estimate of drug-likeness (QED) is 0.782. The molecule has 102 valence electrons. The third-order valence-electron chi connectivity index (χ3n) is 2.97. The standard InChI is InChI=1S/C15H24ClNO/c1-5-7-11(3)18-15-9-8-13(16)10-14(15)12(4)17-6-2/h8-12,17H,5-7H2,1-4H3. The summed E-state index contributed by atoms with van der Waals surface area (Å²) in [6, 6.07) is 6.09. The fraction of sp³-hybridized carbons (Fsp3) is 0.600. The van der Waals surface area contributed by atoms with E-state index in [1.54, 1.807) is 0 Å². The van der Waals surface area contributed by atoms with E-state index in [0.717, 1.165) is 35.7 Å². The van der Waals surface area contributed by atoms with Gasteiger partial charge < -0.3 is 10.1 Å². The van der Waals surface area contributed by atoms with Gasteiger partial charge in [-0.1, -0.05) is 31.9 Å². The molecule has 2 atom stereocenters. The molecule has 0 aliphatic heterocycles. The summed E-state index contributed by atoms with van der Waals surface area (Å²) in [5, 5.41) is 4.15. The molecule has 2 unspecified atom stereocenters. The zero-order chi connectivity index (χ0) is 13.5. The zero-order valence-electron chi connectivity index (χ0n) is 11.8. The lowest BCUT2D eigenvalue weighted by Gasteiger charge is -2.21. The van der Waals surface area contributed by atoms with E-state index >= 15 is 0 Å². The van der Waals surface area contributed by atoms with Gasteiger partial charge in [0.25, 0.3) is 0 Å². The summed E-state index contributed by atoms with van der Waals surface area (Å²) < 4.78 is 6.01. The van der Waals surface area contributed by atoms with Crippen LogP contribution in [0.3, 0.4) is 0 Å². The number of halogens is 1. The van der Waals surface area contributed by atoms with E-state index in [-0.39, 0.29) is 12.1 Å². The molecule has 0 aliphatic carbocycles. The van der Waals surface area contributed by atoms with Crippen molar-refractivity contribution in [2.45, 2.75) is 52.7 Å². The van der Waals surface area contributed by atoms with Crippen LogP contribution in [0.5, 0.6) is 5.75 Å². The van der Waals surface area contributed by atoms with Crippen molar-refractivity contribution in [3.63, 3.8) is 0 Å². The zero-order valence-corrected chi connectivity index (χ0v) is 12.6. The van der Waals surface area contributed by atoms with Crippen LogP contribution < -0.4 is 10.1 Å². The molecule has 2 nitrogen and oxygen atoms in total. The van der Waals surface area contributed by atoms with Gasteiger partial charge in [0.2, 0.25) is 0 Å². The minimum absolute atomic E-state index is 0.240. The molecule has 1 aromatic rings. The Morgan fingerprint density at radius 3 is 2.61 bits per heavy atom. The van der Waals surface area contributed by atoms with Crippen LogP contribution in [0.15, 0.2) is 18.2 Å². The molecule has 0 radical (unpaired) electrons. The maximum atomic E-state index is 6.08. The lowest BCUT2D eigenvalue weighted by atomic mass is 10.1. The van der Waals surface area contributed by atoms with Crippen molar-refractivity contribution in [3.05, 3.63) is 28.8 Å². The number of benzene rings is 1. The highest BCUT2D eigenvalue weighted by atomic mass is 35.5. The SMILES string of the molecule is CCCC(C)Oc1ccc(Cl)cc1C(C)NCC. The molecule has 18 heavy (non-hydrogen) atoms. The smallest absolute Gasteiger partial charge is 0.124 e. The van der Waals surface area contributed by atoms with Gasteiger partial charge in [-0.2, -0.15) is 0 Å². The second kappa shape index (κ2) is 7.65. The van der Waals surface area contributed by atoms with Crippen LogP contribution in [0.1, 0.15) is 52.1 Å². The molecule has 1 aromatic carbocycles. The largest absolute Gasteiger partial charge is 0.490 e.